The molecule has 1 heterocycles. The van der Waals surface area contributed by atoms with Gasteiger partial charge < -0.3 is 45.2 Å². The van der Waals surface area contributed by atoms with Crippen LogP contribution < -0.4 is 35.7 Å². The van der Waals surface area contributed by atoms with Crippen molar-refractivity contribution in [1.82, 2.24) is 4.72 Å². The number of hydrogen-bond acceptors (Lipinski definition) is 10. The van der Waals surface area contributed by atoms with Crippen molar-refractivity contribution in [2.75, 3.05) is 26.3 Å². The highest BCUT2D eigenvalue weighted by molar-refractivity contribution is 7.92. The quantitative estimate of drug-likeness (QED) is 0.102. The number of carbonyl (C=O) groups excluding carboxylic acids is 1. The number of nitrogens with one attached hydrogen (secondary N) is 1. The van der Waals surface area contributed by atoms with Crippen LogP contribution in [0.5, 0.6) is 11.5 Å². The summed E-state index contributed by atoms with van der Waals surface area (Å²) in [5.74, 6) is -5.15. The molecule has 8 N–H and O–H groups in total. The number of halogens is 4. The van der Waals surface area contributed by atoms with E-state index < -0.39 is 41.4 Å². The van der Waals surface area contributed by atoms with Crippen molar-refractivity contribution in [1.29, 1.82) is 5.26 Å². The van der Waals surface area contributed by atoms with Gasteiger partial charge in [-0.2, -0.15) is 23.2 Å². The molecule has 0 saturated heterocycles. The molecule has 47 heavy (non-hydrogen) atoms. The summed E-state index contributed by atoms with van der Waals surface area (Å²) in [5, 5.41) is 17.7. The van der Waals surface area contributed by atoms with Gasteiger partial charge in [-0.15, -0.1) is 11.3 Å². The van der Waals surface area contributed by atoms with Crippen molar-refractivity contribution in [3.63, 3.8) is 0 Å². The highest BCUT2D eigenvalue weighted by atomic mass is 32.2. The summed E-state index contributed by atoms with van der Waals surface area (Å²) in [7, 11) is -9.87. The molecule has 2 aromatic carbocycles. The number of nitriles is 1. The van der Waals surface area contributed by atoms with Crippen molar-refractivity contribution in [3.05, 3.63) is 65.0 Å². The number of thiophene rings is 1. The molecule has 3 rings (SSSR count). The Morgan fingerprint density at radius 2 is 1.72 bits per heavy atom. The number of alkyl halides is 3. The normalized spacial score (nSPS) is 13.4. The molecule has 13 nitrogen and oxygen atoms in total. The highest BCUT2D eigenvalue weighted by Gasteiger charge is 2.31. The third-order valence-electron chi connectivity index (χ3n) is 6.03. The molecule has 0 saturated carbocycles. The van der Waals surface area contributed by atoms with Gasteiger partial charge in [-0.05, 0) is 54.4 Å². The smallest absolute Gasteiger partial charge is 0.430 e. The Morgan fingerprint density at radius 1 is 1.13 bits per heavy atom. The molecule has 2 atom stereocenters. The summed E-state index contributed by atoms with van der Waals surface area (Å²) >= 11 is 0.873. The summed E-state index contributed by atoms with van der Waals surface area (Å²) in [4.78, 5) is 31.2. The third kappa shape index (κ3) is 11.3. The van der Waals surface area contributed by atoms with E-state index in [1.54, 1.807) is 24.3 Å². The Balaban J connectivity index is 0.000000984. The minimum Gasteiger partial charge on any atom is -0.777 e. The molecule has 0 radical (unpaired) electrons. The first-order valence-corrected chi connectivity index (χ1v) is 17.4. The van der Waals surface area contributed by atoms with E-state index in [0.29, 0.717) is 54.3 Å². The van der Waals surface area contributed by atoms with E-state index in [9.17, 15) is 40.3 Å². The fraction of sp³-hybridized carbons (Fsp3) is 0.333. The molecule has 0 aliphatic heterocycles. The Bertz CT molecular complexity index is 1740. The molecule has 0 spiro atoms. The Morgan fingerprint density at radius 3 is 2.23 bits per heavy atom. The van der Waals surface area contributed by atoms with E-state index >= 15 is 0 Å². The molecule has 3 aromatic rings. The van der Waals surface area contributed by atoms with Gasteiger partial charge in [-0.25, -0.2) is 12.8 Å². The van der Waals surface area contributed by atoms with Crippen LogP contribution in [0.25, 0.3) is 10.4 Å². The molecule has 258 valence electrons. The minimum absolute atomic E-state index is 0.232. The molecule has 1 aromatic heterocycles. The van der Waals surface area contributed by atoms with Crippen molar-refractivity contribution in [2.24, 2.45) is 0 Å². The van der Waals surface area contributed by atoms with E-state index in [4.69, 9.17) is 24.6 Å². The lowest BCUT2D eigenvalue weighted by molar-refractivity contribution is -0.369. The Kier molecular flexibility index (Phi) is 14.3. The maximum absolute atomic E-state index is 14.1. The Labute approximate surface area is 270 Å². The molecule has 0 fully saturated rings. The summed E-state index contributed by atoms with van der Waals surface area (Å²) in [5.41, 5.74) is 8.28. The number of benzene rings is 2. The van der Waals surface area contributed by atoms with Crippen LogP contribution in [0.1, 0.15) is 35.3 Å². The van der Waals surface area contributed by atoms with Crippen molar-refractivity contribution in [3.8, 4) is 28.0 Å². The fourth-order valence-electron chi connectivity index (χ4n) is 3.72. The van der Waals surface area contributed by atoms with E-state index in [-0.39, 0.29) is 15.3 Å². The van der Waals surface area contributed by atoms with Crippen LogP contribution in [-0.4, -0.2) is 51.8 Å². The average Bonchev–Trinajstić information content (AvgIpc) is 3.48. The van der Waals surface area contributed by atoms with Crippen LogP contribution in [0, 0.1) is 24.1 Å². The lowest BCUT2D eigenvalue weighted by Crippen LogP contribution is -2.50. The lowest BCUT2D eigenvalue weighted by atomic mass is 10.1. The summed E-state index contributed by atoms with van der Waals surface area (Å²) in [6, 6.07) is 10.7. The maximum atomic E-state index is 14.1. The van der Waals surface area contributed by atoms with Crippen LogP contribution >= 0.6 is 18.9 Å². The molecule has 0 bridgehead atoms. The van der Waals surface area contributed by atoms with Gasteiger partial charge in [-0.1, -0.05) is 6.07 Å². The molecule has 0 amide bonds. The highest BCUT2D eigenvalue weighted by Crippen LogP contribution is 2.48. The predicted molar refractivity (Wildman–Crippen MR) is 155 cm³/mol. The second-order valence-corrected chi connectivity index (χ2v) is 14.2. The number of carboxylic acid groups (broad SMARTS) is 1. The second kappa shape index (κ2) is 17.0. The zero-order valence-corrected chi connectivity index (χ0v) is 27.2. The maximum Gasteiger partial charge on any atom is 0.430 e. The first-order valence-electron chi connectivity index (χ1n) is 13.5. The van der Waals surface area contributed by atoms with Gasteiger partial charge in [0.1, 0.15) is 27.8 Å². The largest absolute Gasteiger partial charge is 0.777 e. The summed E-state index contributed by atoms with van der Waals surface area (Å²) < 4.78 is 97.7. The monoisotopic (exact) mass is 726 g/mol. The van der Waals surface area contributed by atoms with Crippen LogP contribution in [0.15, 0.2) is 46.7 Å². The summed E-state index contributed by atoms with van der Waals surface area (Å²) in [6.07, 6.45) is -3.70. The number of ether oxygens (including phenoxy) is 2. The molecular formula is C27H31F4N4O9PS2. The van der Waals surface area contributed by atoms with Gasteiger partial charge in [-0.3, -0.25) is 0 Å². The van der Waals surface area contributed by atoms with E-state index in [2.05, 4.69) is 11.5 Å². The number of aliphatic carboxylic acids is 1. The van der Waals surface area contributed by atoms with E-state index in [1.165, 1.54) is 6.07 Å². The van der Waals surface area contributed by atoms with Gasteiger partial charge in [0.05, 0.1) is 31.9 Å². The van der Waals surface area contributed by atoms with Crippen LogP contribution in [0.3, 0.4) is 0 Å². The van der Waals surface area contributed by atoms with Gasteiger partial charge in [0.2, 0.25) is 0 Å². The third-order valence-corrected chi connectivity index (χ3v) is 10.3. The molecular weight excluding hydrogens is 695 g/mol. The first-order chi connectivity index (χ1) is 21.9. The van der Waals surface area contributed by atoms with Gasteiger partial charge in [0.15, 0.2) is 19.1 Å². The van der Waals surface area contributed by atoms with E-state index in [0.717, 1.165) is 41.9 Å². The molecule has 2 unspecified atom stereocenters. The Hall–Kier alpha value is -3.60. The second-order valence-electron chi connectivity index (χ2n) is 9.52. The zero-order chi connectivity index (χ0) is 35.6. The molecule has 0 aliphatic rings. The number of sulfonamides is 1. The number of quaternary nitrogens is 2. The number of hydrogen-bond donors (Lipinski definition) is 4. The number of carbonyl (C=O) groups is 1. The van der Waals surface area contributed by atoms with Crippen LogP contribution in [0.2, 0.25) is 0 Å². The number of rotatable bonds is 14. The topological polar surface area (TPSA) is 244 Å². The molecule has 20 heteroatoms. The van der Waals surface area contributed by atoms with Crippen LogP contribution in [0.4, 0.5) is 17.6 Å². The first kappa shape index (κ1) is 39.6. The van der Waals surface area contributed by atoms with Gasteiger partial charge in [0, 0.05) is 23.3 Å². The van der Waals surface area contributed by atoms with Crippen molar-refractivity contribution >= 4 is 34.9 Å². The van der Waals surface area contributed by atoms with Crippen LogP contribution in [-0.2, 0) is 19.4 Å². The molecule has 0 aliphatic carbocycles. The summed E-state index contributed by atoms with van der Waals surface area (Å²) in [6.45, 7) is 4.11. The SMILES string of the molecule is Cc1c(-c2ccc(S(=O)(=O)NC(c3ccc(C#N)c(F)c3)P(=O)([O-])O)s2)ccc(OCCC[NH3+])c1OCCC[NH3+].O=C([O-])C(F)(F)F. The number of carboxylic acids is 1. The minimum atomic E-state index is -5.38. The zero-order valence-electron chi connectivity index (χ0n) is 24.7. The lowest BCUT2D eigenvalue weighted by Gasteiger charge is -2.28. The fourth-order valence-corrected chi connectivity index (χ4v) is 7.67. The van der Waals surface area contributed by atoms with Crippen molar-refractivity contribution in [2.45, 2.75) is 35.9 Å². The predicted octanol–water partition coefficient (Wildman–Crippen LogP) is 0.577. The standard InChI is InChI=1S/C25H30FN4O7PS2.C2HF3O2/c1-16-19(6-7-21(36-12-2-10-27)24(16)37-13-3-11-28)22-8-9-23(39-22)40(34,35)30-25(38(31,32)33)17-4-5-18(15-29)20(26)14-17;3-2(4,5)1(6)7/h4-9,14,25,30H,2-3,10-13,27-28H2,1H3,(H2,31,32,33);(H,6,7). The van der Waals surface area contributed by atoms with Crippen molar-refractivity contribution < 1.29 is 71.2 Å². The van der Waals surface area contributed by atoms with Gasteiger partial charge in [0.25, 0.3) is 10.0 Å². The van der Waals surface area contributed by atoms with Gasteiger partial charge >= 0.3 is 6.18 Å². The number of nitrogens with zero attached hydrogens (tertiary/aromatic N) is 1. The average molecular weight is 727 g/mol. The van der Waals surface area contributed by atoms with E-state index in [1.807, 2.05) is 11.6 Å².